The van der Waals surface area contributed by atoms with Gasteiger partial charge in [-0.25, -0.2) is 4.79 Å². The average Bonchev–Trinajstić information content (AvgIpc) is 3.26. The molecule has 0 saturated heterocycles. The van der Waals surface area contributed by atoms with E-state index in [4.69, 9.17) is 14.3 Å². The Hall–Kier alpha value is -3.53. The van der Waals surface area contributed by atoms with Crippen LogP contribution in [-0.4, -0.2) is 34.3 Å². The standard InChI is InChI=1S/C24H14I2N2O8/c25-17-8-14(9-18(26)23(17)35-11-21(29)30)22(31)20-10-13-7-15(3-6-19(13)36-20)27-24(32)12-1-4-16(5-2-12)28(33)34/h1-10H,11H2,(H,27,32)(H,29,30). The second-order valence-corrected chi connectivity index (χ2v) is 9.73. The smallest absolute Gasteiger partial charge is 0.341 e. The maximum absolute atomic E-state index is 13.1. The number of halogens is 2. The van der Waals surface area contributed by atoms with Crippen LogP contribution >= 0.6 is 45.2 Å². The quantitative estimate of drug-likeness (QED) is 0.105. The number of furan rings is 1. The fourth-order valence-corrected chi connectivity index (χ4v) is 5.36. The molecule has 0 bridgehead atoms. The Bertz CT molecular complexity index is 1510. The molecule has 2 N–H and O–H groups in total. The lowest BCUT2D eigenvalue weighted by Gasteiger charge is -2.10. The minimum absolute atomic E-state index is 0.0923. The molecule has 0 saturated carbocycles. The lowest BCUT2D eigenvalue weighted by Crippen LogP contribution is -2.11. The van der Waals surface area contributed by atoms with Crippen LogP contribution < -0.4 is 10.1 Å². The number of amides is 1. The summed E-state index contributed by atoms with van der Waals surface area (Å²) in [6.07, 6.45) is 0. The zero-order chi connectivity index (χ0) is 26.0. The molecule has 12 heteroatoms. The van der Waals surface area contributed by atoms with Gasteiger partial charge in [0.05, 0.1) is 12.1 Å². The number of anilines is 1. The summed E-state index contributed by atoms with van der Waals surface area (Å²) in [5.41, 5.74) is 1.38. The van der Waals surface area contributed by atoms with Crippen molar-refractivity contribution in [3.8, 4) is 5.75 Å². The molecular weight excluding hydrogens is 698 g/mol. The Balaban J connectivity index is 1.53. The predicted octanol–water partition coefficient (Wildman–Crippen LogP) is 5.50. The van der Waals surface area contributed by atoms with Crippen LogP contribution in [0, 0.1) is 17.3 Å². The van der Waals surface area contributed by atoms with Crippen LogP contribution in [0.15, 0.2) is 65.1 Å². The molecule has 4 rings (SSSR count). The number of ether oxygens (including phenoxy) is 1. The Morgan fingerprint density at radius 3 is 2.25 bits per heavy atom. The van der Waals surface area contributed by atoms with Crippen LogP contribution in [0.25, 0.3) is 11.0 Å². The summed E-state index contributed by atoms with van der Waals surface area (Å²) in [6, 6.07) is 14.8. The van der Waals surface area contributed by atoms with Gasteiger partial charge in [0.15, 0.2) is 12.4 Å². The monoisotopic (exact) mass is 712 g/mol. The topological polar surface area (TPSA) is 149 Å². The summed E-state index contributed by atoms with van der Waals surface area (Å²) < 4.78 is 12.2. The highest BCUT2D eigenvalue weighted by Gasteiger charge is 2.19. The highest BCUT2D eigenvalue weighted by atomic mass is 127. The van der Waals surface area contributed by atoms with E-state index in [-0.39, 0.29) is 22.8 Å². The number of nitro benzene ring substituents is 1. The number of ketones is 1. The molecule has 0 atom stereocenters. The van der Waals surface area contributed by atoms with Crippen molar-refractivity contribution in [1.82, 2.24) is 0 Å². The normalized spacial score (nSPS) is 10.7. The zero-order valence-corrected chi connectivity index (χ0v) is 22.3. The number of benzene rings is 3. The van der Waals surface area contributed by atoms with Crippen molar-refractivity contribution < 1.29 is 33.6 Å². The van der Waals surface area contributed by atoms with E-state index in [1.165, 1.54) is 24.3 Å². The SMILES string of the molecule is O=C(O)COc1c(I)cc(C(=O)c2cc3cc(NC(=O)c4ccc([N+](=O)[O-])cc4)ccc3o2)cc1I. The molecule has 182 valence electrons. The van der Waals surface area contributed by atoms with Gasteiger partial charge < -0.3 is 19.6 Å². The first-order valence-electron chi connectivity index (χ1n) is 10.1. The molecule has 10 nitrogen and oxygen atoms in total. The Labute approximate surface area is 230 Å². The maximum atomic E-state index is 13.1. The second kappa shape index (κ2) is 10.6. The van der Waals surface area contributed by atoms with Crippen molar-refractivity contribution in [3.63, 3.8) is 0 Å². The molecule has 3 aromatic carbocycles. The molecule has 0 aliphatic heterocycles. The fourth-order valence-electron chi connectivity index (χ4n) is 3.28. The van der Waals surface area contributed by atoms with E-state index >= 15 is 0 Å². The number of hydrogen-bond donors (Lipinski definition) is 2. The highest BCUT2D eigenvalue weighted by Crippen LogP contribution is 2.31. The van der Waals surface area contributed by atoms with Crippen molar-refractivity contribution in [2.45, 2.75) is 0 Å². The Morgan fingerprint density at radius 1 is 0.972 bits per heavy atom. The van der Waals surface area contributed by atoms with Crippen LogP contribution in [0.4, 0.5) is 11.4 Å². The molecule has 0 radical (unpaired) electrons. The number of carbonyl (C=O) groups is 3. The van der Waals surface area contributed by atoms with Crippen molar-refractivity contribution >= 4 is 85.2 Å². The number of fused-ring (bicyclic) bond motifs is 1. The molecule has 0 aliphatic carbocycles. The van der Waals surface area contributed by atoms with Crippen LogP contribution in [0.1, 0.15) is 26.5 Å². The van der Waals surface area contributed by atoms with Gasteiger partial charge in [0.25, 0.3) is 11.6 Å². The van der Waals surface area contributed by atoms with Crippen LogP contribution in [-0.2, 0) is 4.79 Å². The maximum Gasteiger partial charge on any atom is 0.341 e. The van der Waals surface area contributed by atoms with E-state index < -0.39 is 23.4 Å². The van der Waals surface area contributed by atoms with E-state index in [0.29, 0.717) is 35.1 Å². The molecular formula is C24H14I2N2O8. The summed E-state index contributed by atoms with van der Waals surface area (Å²) in [7, 11) is 0. The van der Waals surface area contributed by atoms with Gasteiger partial charge in [0.1, 0.15) is 11.3 Å². The van der Waals surface area contributed by atoms with E-state index in [0.717, 1.165) is 0 Å². The molecule has 1 amide bonds. The number of non-ortho nitro benzene ring substituents is 1. The molecule has 0 unspecified atom stereocenters. The summed E-state index contributed by atoms with van der Waals surface area (Å²) in [4.78, 5) is 46.6. The van der Waals surface area contributed by atoms with Gasteiger partial charge in [-0.2, -0.15) is 0 Å². The van der Waals surface area contributed by atoms with Crippen molar-refractivity contribution in [2.24, 2.45) is 0 Å². The molecule has 0 fully saturated rings. The molecule has 0 spiro atoms. The number of aliphatic carboxylic acids is 1. The van der Waals surface area contributed by atoms with Crippen LogP contribution in [0.2, 0.25) is 0 Å². The molecule has 4 aromatic rings. The first-order valence-corrected chi connectivity index (χ1v) is 12.3. The van der Waals surface area contributed by atoms with Crippen molar-refractivity contribution in [2.75, 3.05) is 11.9 Å². The van der Waals surface area contributed by atoms with E-state index in [1.54, 1.807) is 36.4 Å². The number of nitro groups is 1. The molecule has 1 aromatic heterocycles. The number of nitrogens with zero attached hydrogens (tertiary/aromatic N) is 1. The first kappa shape index (κ1) is 25.6. The van der Waals surface area contributed by atoms with Gasteiger partial charge in [0.2, 0.25) is 5.78 Å². The Kier molecular flexibility index (Phi) is 7.53. The molecule has 36 heavy (non-hydrogen) atoms. The van der Waals surface area contributed by atoms with Gasteiger partial charge in [-0.15, -0.1) is 0 Å². The second-order valence-electron chi connectivity index (χ2n) is 7.40. The van der Waals surface area contributed by atoms with Crippen molar-refractivity contribution in [3.05, 3.63) is 94.8 Å². The number of nitrogens with one attached hydrogen (secondary N) is 1. The summed E-state index contributed by atoms with van der Waals surface area (Å²) in [5, 5.41) is 22.9. The largest absolute Gasteiger partial charge is 0.480 e. The summed E-state index contributed by atoms with van der Waals surface area (Å²) >= 11 is 3.94. The number of rotatable bonds is 8. The minimum Gasteiger partial charge on any atom is -0.480 e. The van der Waals surface area contributed by atoms with Gasteiger partial charge in [-0.05, 0) is 93.7 Å². The average molecular weight is 712 g/mol. The molecule has 1 heterocycles. The first-order chi connectivity index (χ1) is 17.1. The predicted molar refractivity (Wildman–Crippen MR) is 146 cm³/mol. The highest BCUT2D eigenvalue weighted by molar-refractivity contribution is 14.1. The van der Waals surface area contributed by atoms with E-state index in [2.05, 4.69) is 5.32 Å². The third-order valence-corrected chi connectivity index (χ3v) is 6.54. The van der Waals surface area contributed by atoms with Crippen LogP contribution in [0.3, 0.4) is 0 Å². The number of hydrogen-bond acceptors (Lipinski definition) is 7. The lowest BCUT2D eigenvalue weighted by atomic mass is 10.1. The van der Waals surface area contributed by atoms with Gasteiger partial charge in [0, 0.05) is 34.3 Å². The van der Waals surface area contributed by atoms with Crippen molar-refractivity contribution in [1.29, 1.82) is 0 Å². The lowest BCUT2D eigenvalue weighted by molar-refractivity contribution is -0.384. The van der Waals surface area contributed by atoms with Gasteiger partial charge in [-0.3, -0.25) is 19.7 Å². The third-order valence-electron chi connectivity index (χ3n) is 4.94. The Morgan fingerprint density at radius 2 is 1.64 bits per heavy atom. The number of carboxylic acids is 1. The van der Waals surface area contributed by atoms with Gasteiger partial charge in [-0.1, -0.05) is 0 Å². The zero-order valence-electron chi connectivity index (χ0n) is 18.0. The number of carbonyl (C=O) groups excluding carboxylic acids is 2. The van der Waals surface area contributed by atoms with E-state index in [9.17, 15) is 24.5 Å². The summed E-state index contributed by atoms with van der Waals surface area (Å²) in [6.45, 7) is -0.494. The minimum atomic E-state index is -1.10. The van der Waals surface area contributed by atoms with E-state index in [1.807, 2.05) is 45.2 Å². The fraction of sp³-hybridized carbons (Fsp3) is 0.0417. The summed E-state index contributed by atoms with van der Waals surface area (Å²) in [5.74, 6) is -1.45. The van der Waals surface area contributed by atoms with Gasteiger partial charge >= 0.3 is 5.97 Å². The van der Waals surface area contributed by atoms with Crippen LogP contribution in [0.5, 0.6) is 5.75 Å². The number of carboxylic acid groups (broad SMARTS) is 1. The molecule has 0 aliphatic rings. The third kappa shape index (κ3) is 5.64.